The van der Waals surface area contributed by atoms with E-state index in [1.165, 1.54) is 38.6 Å². The third-order valence-electron chi connectivity index (χ3n) is 4.35. The molecule has 0 saturated carbocycles. The summed E-state index contributed by atoms with van der Waals surface area (Å²) < 4.78 is 40.8. The molecule has 0 spiro atoms. The molecule has 1 aromatic carbocycles. The van der Waals surface area contributed by atoms with E-state index >= 15 is 0 Å². The molecule has 0 saturated heterocycles. The Morgan fingerprint density at radius 2 is 1.81 bits per heavy atom. The van der Waals surface area contributed by atoms with Gasteiger partial charge in [-0.05, 0) is 29.8 Å². The number of hydrogen-bond donors (Lipinski definition) is 1. The summed E-state index contributed by atoms with van der Waals surface area (Å²) in [5.41, 5.74) is 0.821. The Morgan fingerprint density at radius 3 is 2.45 bits per heavy atom. The molecule has 0 unspecified atom stereocenters. The molecule has 2 heterocycles. The lowest BCUT2D eigenvalue weighted by Crippen LogP contribution is -2.43. The van der Waals surface area contributed by atoms with Crippen molar-refractivity contribution >= 4 is 21.9 Å². The Kier molecular flexibility index (Phi) is 6.93. The van der Waals surface area contributed by atoms with Crippen molar-refractivity contribution in [1.82, 2.24) is 9.62 Å². The van der Waals surface area contributed by atoms with E-state index in [-0.39, 0.29) is 29.6 Å². The Bertz CT molecular complexity index is 1120. The fraction of sp³-hybridized carbons (Fsp3) is 0.238. The van der Waals surface area contributed by atoms with Gasteiger partial charge in [0.05, 0.1) is 6.26 Å². The predicted molar refractivity (Wildman–Crippen MR) is 109 cm³/mol. The first kappa shape index (κ1) is 22.3. The average molecular weight is 446 g/mol. The lowest BCUT2D eigenvalue weighted by molar-refractivity contribution is -0.147. The molecule has 164 valence electrons. The summed E-state index contributed by atoms with van der Waals surface area (Å²) in [5, 5.41) is 2.35. The van der Waals surface area contributed by atoms with Gasteiger partial charge in [-0.2, -0.15) is 0 Å². The van der Waals surface area contributed by atoms with Crippen molar-refractivity contribution in [3.05, 3.63) is 77.9 Å². The van der Waals surface area contributed by atoms with Crippen molar-refractivity contribution in [2.75, 3.05) is 14.1 Å². The third-order valence-corrected chi connectivity index (χ3v) is 6.04. The van der Waals surface area contributed by atoms with Gasteiger partial charge in [0.15, 0.2) is 5.76 Å². The Labute approximate surface area is 179 Å². The molecule has 9 nitrogen and oxygen atoms in total. The Balaban J connectivity index is 1.69. The second-order valence-electron chi connectivity index (χ2n) is 6.81. The number of nitrogens with one attached hydrogen (secondary N) is 1. The van der Waals surface area contributed by atoms with Crippen molar-refractivity contribution in [3.8, 4) is 0 Å². The number of benzene rings is 1. The molecular formula is C21H22N2O7S. The van der Waals surface area contributed by atoms with E-state index in [9.17, 15) is 18.0 Å². The van der Waals surface area contributed by atoms with Crippen molar-refractivity contribution in [2.45, 2.75) is 24.2 Å². The van der Waals surface area contributed by atoms with E-state index in [0.29, 0.717) is 0 Å². The monoisotopic (exact) mass is 446 g/mol. The molecule has 3 aromatic rings. The minimum atomic E-state index is -3.73. The quantitative estimate of drug-likeness (QED) is 0.501. The van der Waals surface area contributed by atoms with Crippen LogP contribution in [0.25, 0.3) is 0 Å². The number of esters is 1. The molecule has 0 bridgehead atoms. The van der Waals surface area contributed by atoms with Gasteiger partial charge in [0, 0.05) is 20.5 Å². The summed E-state index contributed by atoms with van der Waals surface area (Å²) in [5.74, 6) is -1.03. The minimum Gasteiger partial charge on any atom is -0.459 e. The maximum Gasteiger partial charge on any atom is 0.329 e. The highest BCUT2D eigenvalue weighted by Gasteiger charge is 2.26. The van der Waals surface area contributed by atoms with E-state index in [4.69, 9.17) is 13.6 Å². The van der Waals surface area contributed by atoms with Crippen LogP contribution in [-0.2, 0) is 32.6 Å². The standard InChI is InChI=1S/C21H22N2O7S/c1-23(2)31(26,27)19-11-10-16(30-19)14-29-21(25)17(13-15-7-4-3-5-8-15)22-20(24)18-9-6-12-28-18/h3-12,17H,13-14H2,1-2H3,(H,22,24)/t17-/m0/s1. The molecule has 10 heteroatoms. The molecule has 0 aliphatic carbocycles. The van der Waals surface area contributed by atoms with Gasteiger partial charge < -0.3 is 18.9 Å². The van der Waals surface area contributed by atoms with Gasteiger partial charge in [0.2, 0.25) is 5.09 Å². The van der Waals surface area contributed by atoms with E-state index in [2.05, 4.69) is 5.32 Å². The number of amides is 1. The summed E-state index contributed by atoms with van der Waals surface area (Å²) in [4.78, 5) is 25.1. The fourth-order valence-electron chi connectivity index (χ4n) is 2.68. The summed E-state index contributed by atoms with van der Waals surface area (Å²) in [6, 6.07) is 13.9. The Morgan fingerprint density at radius 1 is 1.06 bits per heavy atom. The van der Waals surface area contributed by atoms with Crippen LogP contribution in [0.1, 0.15) is 21.9 Å². The molecule has 3 rings (SSSR count). The minimum absolute atomic E-state index is 0.0652. The summed E-state index contributed by atoms with van der Waals surface area (Å²) in [6.07, 6.45) is 1.56. The van der Waals surface area contributed by atoms with Crippen LogP contribution < -0.4 is 5.32 Å². The summed E-state index contributed by atoms with van der Waals surface area (Å²) in [7, 11) is -0.969. The predicted octanol–water partition coefficient (Wildman–Crippen LogP) is 2.21. The van der Waals surface area contributed by atoms with Gasteiger partial charge in [0.1, 0.15) is 18.4 Å². The first-order valence-corrected chi connectivity index (χ1v) is 10.8. The van der Waals surface area contributed by atoms with Gasteiger partial charge in [-0.3, -0.25) is 4.79 Å². The second kappa shape index (κ2) is 9.63. The zero-order chi connectivity index (χ0) is 22.4. The maximum atomic E-state index is 12.7. The summed E-state index contributed by atoms with van der Waals surface area (Å²) >= 11 is 0. The van der Waals surface area contributed by atoms with E-state index < -0.39 is 27.9 Å². The van der Waals surface area contributed by atoms with Crippen molar-refractivity contribution in [1.29, 1.82) is 0 Å². The van der Waals surface area contributed by atoms with E-state index in [1.54, 1.807) is 6.07 Å². The lowest BCUT2D eigenvalue weighted by Gasteiger charge is -2.17. The fourth-order valence-corrected chi connectivity index (χ4v) is 3.49. The lowest BCUT2D eigenvalue weighted by atomic mass is 10.1. The topological polar surface area (TPSA) is 119 Å². The van der Waals surface area contributed by atoms with E-state index in [1.807, 2.05) is 30.3 Å². The Hall–Kier alpha value is -3.37. The molecule has 1 atom stereocenters. The van der Waals surface area contributed by atoms with E-state index in [0.717, 1.165) is 9.87 Å². The van der Waals surface area contributed by atoms with Crippen molar-refractivity contribution in [2.24, 2.45) is 0 Å². The highest BCUT2D eigenvalue weighted by atomic mass is 32.2. The molecule has 31 heavy (non-hydrogen) atoms. The molecule has 0 radical (unpaired) electrons. The third kappa shape index (κ3) is 5.62. The number of sulfonamides is 1. The molecule has 0 aliphatic rings. The SMILES string of the molecule is CN(C)S(=O)(=O)c1ccc(COC(=O)[C@H](Cc2ccccc2)NC(=O)c2ccco2)o1. The number of hydrogen-bond acceptors (Lipinski definition) is 7. The van der Waals surface area contributed by atoms with Crippen LogP contribution in [0.5, 0.6) is 0 Å². The molecule has 0 aliphatic heterocycles. The van der Waals surface area contributed by atoms with Crippen LogP contribution in [0.15, 0.2) is 74.8 Å². The summed E-state index contributed by atoms with van der Waals surface area (Å²) in [6.45, 7) is -0.288. The molecule has 2 aromatic heterocycles. The van der Waals surface area contributed by atoms with Crippen LogP contribution in [0.4, 0.5) is 0 Å². The van der Waals surface area contributed by atoms with Gasteiger partial charge in [0.25, 0.3) is 15.9 Å². The highest BCUT2D eigenvalue weighted by Crippen LogP contribution is 2.18. The highest BCUT2D eigenvalue weighted by molar-refractivity contribution is 7.88. The number of furan rings is 2. The number of rotatable bonds is 9. The zero-order valence-electron chi connectivity index (χ0n) is 17.0. The van der Waals surface area contributed by atoms with Crippen LogP contribution >= 0.6 is 0 Å². The number of nitrogens with zero attached hydrogens (tertiary/aromatic N) is 1. The van der Waals surface area contributed by atoms with Gasteiger partial charge in [-0.25, -0.2) is 17.5 Å². The number of carbonyl (C=O) groups excluding carboxylic acids is 2. The van der Waals surface area contributed by atoms with Crippen molar-refractivity contribution in [3.63, 3.8) is 0 Å². The van der Waals surface area contributed by atoms with Crippen LogP contribution in [0, 0.1) is 0 Å². The molecule has 1 amide bonds. The average Bonchev–Trinajstić information content (AvgIpc) is 3.44. The normalized spacial score (nSPS) is 12.5. The zero-order valence-corrected chi connectivity index (χ0v) is 17.8. The van der Waals surface area contributed by atoms with Crippen LogP contribution in [-0.4, -0.2) is 44.7 Å². The van der Waals surface area contributed by atoms with Crippen LogP contribution in [0.3, 0.4) is 0 Å². The second-order valence-corrected chi connectivity index (χ2v) is 8.89. The van der Waals surface area contributed by atoms with Gasteiger partial charge in [-0.1, -0.05) is 30.3 Å². The van der Waals surface area contributed by atoms with Crippen LogP contribution in [0.2, 0.25) is 0 Å². The first-order chi connectivity index (χ1) is 14.8. The smallest absolute Gasteiger partial charge is 0.329 e. The van der Waals surface area contributed by atoms with Crippen molar-refractivity contribution < 1.29 is 31.6 Å². The number of ether oxygens (including phenoxy) is 1. The molecular weight excluding hydrogens is 424 g/mol. The van der Waals surface area contributed by atoms with Gasteiger partial charge >= 0.3 is 5.97 Å². The molecule has 1 N–H and O–H groups in total. The largest absolute Gasteiger partial charge is 0.459 e. The van der Waals surface area contributed by atoms with Gasteiger partial charge in [-0.15, -0.1) is 0 Å². The maximum absolute atomic E-state index is 12.7. The molecule has 0 fully saturated rings. The first-order valence-electron chi connectivity index (χ1n) is 9.33. The number of carbonyl (C=O) groups is 2.